The highest BCUT2D eigenvalue weighted by molar-refractivity contribution is 6.74. The molecule has 13 heteroatoms. The first-order valence-corrected chi connectivity index (χ1v) is 18.8. The number of hydrogen-bond donors (Lipinski definition) is 1. The molecule has 12 nitrogen and oxygen atoms in total. The average molecular weight is 671 g/mol. The molecule has 2 amide bonds. The van der Waals surface area contributed by atoms with E-state index in [0.717, 1.165) is 23.0 Å². The van der Waals surface area contributed by atoms with E-state index in [9.17, 15) is 19.2 Å². The molecular formula is C34H50N4O8Si. The van der Waals surface area contributed by atoms with Crippen molar-refractivity contribution in [2.75, 3.05) is 38.8 Å². The number of ether oxygens (including phenoxy) is 3. The number of rotatable bonds is 13. The van der Waals surface area contributed by atoms with Crippen LogP contribution in [0.5, 0.6) is 11.5 Å². The van der Waals surface area contributed by atoms with Gasteiger partial charge in [-0.2, -0.15) is 0 Å². The van der Waals surface area contributed by atoms with E-state index in [-0.39, 0.29) is 42.0 Å². The van der Waals surface area contributed by atoms with Gasteiger partial charge < -0.3 is 28.1 Å². The molecule has 1 N–H and O–H groups in total. The van der Waals surface area contributed by atoms with Crippen LogP contribution in [0.25, 0.3) is 5.57 Å². The van der Waals surface area contributed by atoms with Crippen LogP contribution in [0.15, 0.2) is 46.6 Å². The number of hydrogen-bond acceptors (Lipinski definition) is 8. The Hall–Kier alpha value is -4.10. The summed E-state index contributed by atoms with van der Waals surface area (Å²) in [6.45, 7) is 17.2. The third kappa shape index (κ3) is 8.83. The fourth-order valence-electron chi connectivity index (χ4n) is 4.84. The molecule has 0 fully saturated rings. The number of aromatic nitrogens is 2. The van der Waals surface area contributed by atoms with Gasteiger partial charge in [-0.15, -0.1) is 0 Å². The van der Waals surface area contributed by atoms with Crippen LogP contribution in [0, 0.1) is 0 Å². The average Bonchev–Trinajstić information content (AvgIpc) is 3.02. The van der Waals surface area contributed by atoms with Crippen molar-refractivity contribution in [3.05, 3.63) is 69.0 Å². The summed E-state index contributed by atoms with van der Waals surface area (Å²) in [6.07, 6.45) is 6.19. The van der Waals surface area contributed by atoms with Crippen molar-refractivity contribution in [3.63, 3.8) is 0 Å². The Labute approximate surface area is 278 Å². The molecule has 0 saturated carbocycles. The van der Waals surface area contributed by atoms with Crippen LogP contribution >= 0.6 is 0 Å². The molecule has 3 rings (SSSR count). The summed E-state index contributed by atoms with van der Waals surface area (Å²) >= 11 is 0. The fourth-order valence-corrected chi connectivity index (χ4v) is 5.86. The molecule has 0 aliphatic carbocycles. The normalized spacial score (nSPS) is 15.1. The van der Waals surface area contributed by atoms with E-state index < -0.39 is 31.7 Å². The number of carbonyl (C=O) groups is 2. The lowest BCUT2D eigenvalue weighted by Gasteiger charge is -2.40. The van der Waals surface area contributed by atoms with Gasteiger partial charge in [0.05, 0.1) is 43.2 Å². The van der Waals surface area contributed by atoms with E-state index >= 15 is 0 Å². The maximum atomic E-state index is 14.5. The number of unbranched alkanes of at least 4 members (excludes halogenated alkanes) is 1. The molecule has 1 aliphatic heterocycles. The molecule has 47 heavy (non-hydrogen) atoms. The van der Waals surface area contributed by atoms with Gasteiger partial charge in [0.2, 0.25) is 0 Å². The zero-order valence-electron chi connectivity index (χ0n) is 29.2. The lowest BCUT2D eigenvalue weighted by atomic mass is 9.96. The maximum absolute atomic E-state index is 14.5. The molecule has 1 atom stereocenters. The van der Waals surface area contributed by atoms with Crippen molar-refractivity contribution in [3.8, 4) is 11.5 Å². The number of benzene rings is 1. The number of nitrogens with one attached hydrogen (secondary N) is 1. The molecule has 0 radical (unpaired) electrons. The van der Waals surface area contributed by atoms with Crippen molar-refractivity contribution < 1.29 is 28.2 Å². The van der Waals surface area contributed by atoms with Crippen LogP contribution in [0.1, 0.15) is 62.9 Å². The standard InChI is InChI=1S/C34H50N4O8Si/c1-11-13-17-44-29-20-27(35-32(41)45-16-12-2)25(19-28(29)43-8)31(40)38-15-14-23(26-21-36(6)33(42)37(7)30(26)39)18-24(38)22-46-47(9,10)34(3,4)5/h12,18-21,24H,2,11,13-17,22H2,1,3-10H3,(H,35,41)/t24-/m0/s1. The van der Waals surface area contributed by atoms with Crippen LogP contribution in [0.4, 0.5) is 10.5 Å². The van der Waals surface area contributed by atoms with E-state index in [0.29, 0.717) is 30.1 Å². The monoisotopic (exact) mass is 670 g/mol. The number of anilines is 1. The van der Waals surface area contributed by atoms with Crippen LogP contribution in [-0.4, -0.2) is 73.9 Å². The summed E-state index contributed by atoms with van der Waals surface area (Å²) in [7, 11) is 2.28. The highest BCUT2D eigenvalue weighted by atomic mass is 28.4. The summed E-state index contributed by atoms with van der Waals surface area (Å²) in [4.78, 5) is 54.4. The number of aryl methyl sites for hydroxylation is 1. The quantitative estimate of drug-likeness (QED) is 0.172. The minimum Gasteiger partial charge on any atom is -0.493 e. The SMILES string of the molecule is C=CCOC(=O)Nc1cc(OCCCC)c(OC)cc1C(=O)N1CCC(c2cn(C)c(=O)n(C)c2=O)=C[C@H]1CO[Si](C)(C)C(C)(C)C. The molecule has 258 valence electrons. The highest BCUT2D eigenvalue weighted by Crippen LogP contribution is 2.38. The molecular weight excluding hydrogens is 620 g/mol. The Balaban J connectivity index is 2.13. The third-order valence-corrected chi connectivity index (χ3v) is 13.2. The minimum absolute atomic E-state index is 0.0117. The lowest BCUT2D eigenvalue weighted by molar-refractivity contribution is 0.0654. The topological polar surface area (TPSA) is 130 Å². The minimum atomic E-state index is -2.25. The number of methoxy groups -OCH3 is 1. The van der Waals surface area contributed by atoms with Gasteiger partial charge in [0.1, 0.15) is 6.61 Å². The second-order valence-electron chi connectivity index (χ2n) is 13.1. The molecule has 1 aromatic heterocycles. The Morgan fingerprint density at radius 2 is 1.85 bits per heavy atom. The van der Waals surface area contributed by atoms with Crippen molar-refractivity contribution >= 4 is 31.6 Å². The van der Waals surface area contributed by atoms with Gasteiger partial charge in [0.15, 0.2) is 19.8 Å². The molecule has 0 spiro atoms. The van der Waals surface area contributed by atoms with Gasteiger partial charge in [-0.3, -0.25) is 19.5 Å². The molecule has 2 aromatic rings. The largest absolute Gasteiger partial charge is 0.493 e. The summed E-state index contributed by atoms with van der Waals surface area (Å²) in [5, 5.41) is 2.61. The summed E-state index contributed by atoms with van der Waals surface area (Å²) in [6, 6.07) is 2.56. The number of amides is 2. The van der Waals surface area contributed by atoms with Gasteiger partial charge in [-0.1, -0.05) is 52.8 Å². The van der Waals surface area contributed by atoms with Crippen LogP contribution < -0.4 is 26.0 Å². The van der Waals surface area contributed by atoms with Crippen molar-refractivity contribution in [1.29, 1.82) is 0 Å². The molecule has 0 bridgehead atoms. The molecule has 1 aliphatic rings. The van der Waals surface area contributed by atoms with Gasteiger partial charge >= 0.3 is 11.8 Å². The van der Waals surface area contributed by atoms with Crippen molar-refractivity contribution in [2.24, 2.45) is 14.1 Å². The number of nitrogens with zero attached hydrogens (tertiary/aromatic N) is 3. The zero-order valence-corrected chi connectivity index (χ0v) is 30.2. The highest BCUT2D eigenvalue weighted by Gasteiger charge is 2.39. The van der Waals surface area contributed by atoms with E-state index in [1.807, 2.05) is 13.0 Å². The van der Waals surface area contributed by atoms with Crippen molar-refractivity contribution in [2.45, 2.75) is 71.1 Å². The van der Waals surface area contributed by atoms with E-state index in [4.69, 9.17) is 18.6 Å². The molecule has 0 unspecified atom stereocenters. The predicted molar refractivity (Wildman–Crippen MR) is 186 cm³/mol. The molecule has 0 saturated heterocycles. The molecule has 1 aromatic carbocycles. The Morgan fingerprint density at radius 1 is 1.15 bits per heavy atom. The summed E-state index contributed by atoms with van der Waals surface area (Å²) in [5.74, 6) is 0.334. The summed E-state index contributed by atoms with van der Waals surface area (Å²) < 4.78 is 25.8. The Kier molecular flexibility index (Phi) is 12.4. The van der Waals surface area contributed by atoms with Gasteiger partial charge in [0, 0.05) is 32.9 Å². The second kappa shape index (κ2) is 15.7. The lowest BCUT2D eigenvalue weighted by Crippen LogP contribution is -2.49. The van der Waals surface area contributed by atoms with Gasteiger partial charge in [-0.05, 0) is 42.6 Å². The zero-order chi connectivity index (χ0) is 35.1. The van der Waals surface area contributed by atoms with Crippen LogP contribution in [0.3, 0.4) is 0 Å². The summed E-state index contributed by atoms with van der Waals surface area (Å²) in [5.41, 5.74) is 0.650. The smallest absolute Gasteiger partial charge is 0.411 e. The van der Waals surface area contributed by atoms with Gasteiger partial charge in [0.25, 0.3) is 11.5 Å². The van der Waals surface area contributed by atoms with E-state index in [1.165, 1.54) is 24.8 Å². The fraction of sp³-hybridized carbons (Fsp3) is 0.529. The van der Waals surface area contributed by atoms with Gasteiger partial charge in [-0.25, -0.2) is 9.59 Å². The maximum Gasteiger partial charge on any atom is 0.411 e. The second-order valence-corrected chi connectivity index (χ2v) is 18.0. The first kappa shape index (κ1) is 37.4. The van der Waals surface area contributed by atoms with E-state index in [1.54, 1.807) is 30.3 Å². The molecule has 2 heterocycles. The Bertz CT molecular complexity index is 1620. The third-order valence-electron chi connectivity index (χ3n) is 8.75. The van der Waals surface area contributed by atoms with Crippen LogP contribution in [-0.2, 0) is 23.3 Å². The predicted octanol–water partition coefficient (Wildman–Crippen LogP) is 5.33. The number of carbonyl (C=O) groups excluding carboxylic acids is 2. The van der Waals surface area contributed by atoms with Crippen molar-refractivity contribution in [1.82, 2.24) is 14.0 Å². The first-order valence-electron chi connectivity index (χ1n) is 15.9. The van der Waals surface area contributed by atoms with Crippen LogP contribution in [0.2, 0.25) is 18.1 Å². The first-order chi connectivity index (χ1) is 22.1. The Morgan fingerprint density at radius 3 is 2.47 bits per heavy atom. The van der Waals surface area contributed by atoms with E-state index in [2.05, 4.69) is 45.8 Å².